The molecule has 0 saturated carbocycles. The van der Waals surface area contributed by atoms with Crippen molar-refractivity contribution in [1.82, 2.24) is 15.4 Å². The first-order chi connectivity index (χ1) is 8.84. The van der Waals surface area contributed by atoms with Gasteiger partial charge in [0.25, 0.3) is 5.91 Å². The average Bonchev–Trinajstić information content (AvgIpc) is 3.09. The summed E-state index contributed by atoms with van der Waals surface area (Å²) in [6.45, 7) is 3.11. The maximum atomic E-state index is 12.2. The molecule has 0 atom stereocenters. The van der Waals surface area contributed by atoms with Crippen LogP contribution in [0.4, 0.5) is 0 Å². The summed E-state index contributed by atoms with van der Waals surface area (Å²) in [5, 5.41) is 9.05. The lowest BCUT2D eigenvalue weighted by atomic mass is 10.2. The molecule has 3 rings (SSSR count). The Morgan fingerprint density at radius 2 is 2.28 bits per heavy atom. The van der Waals surface area contributed by atoms with E-state index >= 15 is 0 Å². The fraction of sp³-hybridized carbons (Fsp3) is 0.333. The summed E-state index contributed by atoms with van der Waals surface area (Å²) in [4.78, 5) is 14.9. The van der Waals surface area contributed by atoms with E-state index in [4.69, 9.17) is 4.52 Å². The van der Waals surface area contributed by atoms with E-state index in [1.165, 1.54) is 0 Å². The van der Waals surface area contributed by atoms with Gasteiger partial charge in [0.05, 0.1) is 4.88 Å². The molecule has 2 aromatic rings. The summed E-state index contributed by atoms with van der Waals surface area (Å²) >= 11 is 1.57. The van der Waals surface area contributed by atoms with E-state index < -0.39 is 0 Å². The van der Waals surface area contributed by atoms with Crippen LogP contribution >= 0.6 is 11.3 Å². The molecule has 18 heavy (non-hydrogen) atoms. The molecule has 1 amide bonds. The quantitative estimate of drug-likeness (QED) is 0.891. The number of piperazine rings is 1. The predicted octanol–water partition coefficient (Wildman–Crippen LogP) is 1.45. The van der Waals surface area contributed by atoms with Crippen molar-refractivity contribution in [1.29, 1.82) is 0 Å². The predicted molar refractivity (Wildman–Crippen MR) is 68.6 cm³/mol. The first kappa shape index (κ1) is 11.4. The number of aromatic nitrogens is 1. The third-order valence-electron chi connectivity index (χ3n) is 2.90. The van der Waals surface area contributed by atoms with Gasteiger partial charge in [0.2, 0.25) is 0 Å². The Morgan fingerprint density at radius 1 is 1.44 bits per heavy atom. The lowest BCUT2D eigenvalue weighted by Crippen LogP contribution is -2.46. The highest BCUT2D eigenvalue weighted by Gasteiger charge is 2.21. The molecular weight excluding hydrogens is 250 g/mol. The van der Waals surface area contributed by atoms with Crippen LogP contribution in [0.5, 0.6) is 0 Å². The van der Waals surface area contributed by atoms with Gasteiger partial charge < -0.3 is 14.7 Å². The summed E-state index contributed by atoms with van der Waals surface area (Å²) in [5.41, 5.74) is 0.389. The lowest BCUT2D eigenvalue weighted by molar-refractivity contribution is 0.0725. The molecular formula is C12H13N3O2S. The summed E-state index contributed by atoms with van der Waals surface area (Å²) in [6.07, 6.45) is 0. The van der Waals surface area contributed by atoms with Crippen LogP contribution in [-0.4, -0.2) is 42.1 Å². The second-order valence-electron chi connectivity index (χ2n) is 4.10. The molecule has 94 valence electrons. The standard InChI is InChI=1S/C12H13N3O2S/c16-12(15-5-3-13-4-6-15)9-8-10(17-14-9)11-2-1-7-18-11/h1-2,7-8,13H,3-6H2. The van der Waals surface area contributed by atoms with Crippen molar-refractivity contribution in [2.24, 2.45) is 0 Å². The highest BCUT2D eigenvalue weighted by atomic mass is 32.1. The first-order valence-corrected chi connectivity index (χ1v) is 6.73. The fourth-order valence-electron chi connectivity index (χ4n) is 1.94. The first-order valence-electron chi connectivity index (χ1n) is 5.85. The SMILES string of the molecule is O=C(c1cc(-c2cccs2)on1)N1CCNCC1. The van der Waals surface area contributed by atoms with Gasteiger partial charge in [-0.1, -0.05) is 11.2 Å². The van der Waals surface area contributed by atoms with Crippen LogP contribution in [0.3, 0.4) is 0 Å². The Bertz CT molecular complexity index is 529. The second kappa shape index (κ2) is 4.91. The molecule has 2 aromatic heterocycles. The van der Waals surface area contributed by atoms with Gasteiger partial charge in [-0.15, -0.1) is 11.3 Å². The van der Waals surface area contributed by atoms with Gasteiger partial charge in [0.15, 0.2) is 11.5 Å². The van der Waals surface area contributed by atoms with Crippen LogP contribution in [0.25, 0.3) is 10.6 Å². The molecule has 1 N–H and O–H groups in total. The van der Waals surface area contributed by atoms with Crippen molar-refractivity contribution in [3.8, 4) is 10.6 Å². The number of hydrogen-bond acceptors (Lipinski definition) is 5. The number of nitrogens with zero attached hydrogens (tertiary/aromatic N) is 2. The van der Waals surface area contributed by atoms with Crippen molar-refractivity contribution < 1.29 is 9.32 Å². The minimum absolute atomic E-state index is 0.0527. The van der Waals surface area contributed by atoms with Crippen LogP contribution in [0, 0.1) is 0 Å². The zero-order chi connectivity index (χ0) is 12.4. The van der Waals surface area contributed by atoms with Crippen molar-refractivity contribution in [2.75, 3.05) is 26.2 Å². The van der Waals surface area contributed by atoms with Gasteiger partial charge in [0.1, 0.15) is 0 Å². The van der Waals surface area contributed by atoms with Gasteiger partial charge in [-0.25, -0.2) is 0 Å². The Morgan fingerprint density at radius 3 is 3.00 bits per heavy atom. The second-order valence-corrected chi connectivity index (χ2v) is 5.04. The summed E-state index contributed by atoms with van der Waals surface area (Å²) in [5.74, 6) is 0.603. The molecule has 1 saturated heterocycles. The maximum absolute atomic E-state index is 12.2. The van der Waals surface area contributed by atoms with Gasteiger partial charge >= 0.3 is 0 Å². The Balaban J connectivity index is 1.78. The Hall–Kier alpha value is -1.66. The molecule has 0 aliphatic carbocycles. The third kappa shape index (κ3) is 2.16. The minimum atomic E-state index is -0.0527. The Kier molecular flexibility index (Phi) is 3.12. The molecule has 0 spiro atoms. The smallest absolute Gasteiger partial charge is 0.276 e. The normalized spacial score (nSPS) is 15.9. The number of carbonyl (C=O) groups excluding carboxylic acids is 1. The molecule has 1 fully saturated rings. The van der Waals surface area contributed by atoms with Crippen LogP contribution in [0.15, 0.2) is 28.1 Å². The molecule has 3 heterocycles. The van der Waals surface area contributed by atoms with E-state index in [0.29, 0.717) is 11.5 Å². The molecule has 6 heteroatoms. The molecule has 1 aliphatic rings. The highest BCUT2D eigenvalue weighted by molar-refractivity contribution is 7.13. The van der Waals surface area contributed by atoms with Crippen LogP contribution < -0.4 is 5.32 Å². The number of thiophene rings is 1. The van der Waals surface area contributed by atoms with Gasteiger partial charge in [-0.3, -0.25) is 4.79 Å². The van der Waals surface area contributed by atoms with Crippen molar-refractivity contribution in [2.45, 2.75) is 0 Å². The molecule has 0 bridgehead atoms. The summed E-state index contributed by atoms with van der Waals surface area (Å²) in [6, 6.07) is 5.61. The van der Waals surface area contributed by atoms with Crippen molar-refractivity contribution >= 4 is 17.2 Å². The van der Waals surface area contributed by atoms with Gasteiger partial charge in [-0.05, 0) is 11.4 Å². The summed E-state index contributed by atoms with van der Waals surface area (Å²) in [7, 11) is 0. The van der Waals surface area contributed by atoms with Crippen molar-refractivity contribution in [3.05, 3.63) is 29.3 Å². The topological polar surface area (TPSA) is 58.4 Å². The average molecular weight is 263 g/mol. The van der Waals surface area contributed by atoms with E-state index in [-0.39, 0.29) is 5.91 Å². The molecule has 5 nitrogen and oxygen atoms in total. The van der Waals surface area contributed by atoms with Crippen LogP contribution in [0.1, 0.15) is 10.5 Å². The van der Waals surface area contributed by atoms with E-state index in [0.717, 1.165) is 31.1 Å². The molecule has 0 unspecified atom stereocenters. The monoisotopic (exact) mass is 263 g/mol. The molecule has 0 radical (unpaired) electrons. The number of nitrogens with one attached hydrogen (secondary N) is 1. The maximum Gasteiger partial charge on any atom is 0.276 e. The molecule has 0 aromatic carbocycles. The number of amides is 1. The lowest BCUT2D eigenvalue weighted by Gasteiger charge is -2.26. The third-order valence-corrected chi connectivity index (χ3v) is 3.78. The van der Waals surface area contributed by atoms with Gasteiger partial charge in [0, 0.05) is 32.2 Å². The fourth-order valence-corrected chi connectivity index (χ4v) is 2.61. The van der Waals surface area contributed by atoms with E-state index in [9.17, 15) is 4.79 Å². The summed E-state index contributed by atoms with van der Waals surface area (Å²) < 4.78 is 5.22. The largest absolute Gasteiger partial charge is 0.355 e. The van der Waals surface area contributed by atoms with Gasteiger partial charge in [-0.2, -0.15) is 0 Å². The zero-order valence-electron chi connectivity index (χ0n) is 9.76. The van der Waals surface area contributed by atoms with E-state index in [1.807, 2.05) is 17.5 Å². The van der Waals surface area contributed by atoms with Crippen molar-refractivity contribution in [3.63, 3.8) is 0 Å². The Labute approximate surface area is 108 Å². The number of hydrogen-bond donors (Lipinski definition) is 1. The molecule has 1 aliphatic heterocycles. The number of rotatable bonds is 2. The highest BCUT2D eigenvalue weighted by Crippen LogP contribution is 2.25. The van der Waals surface area contributed by atoms with E-state index in [2.05, 4.69) is 10.5 Å². The zero-order valence-corrected chi connectivity index (χ0v) is 10.6. The minimum Gasteiger partial charge on any atom is -0.355 e. The van der Waals surface area contributed by atoms with Crippen LogP contribution in [-0.2, 0) is 0 Å². The van der Waals surface area contributed by atoms with Crippen LogP contribution in [0.2, 0.25) is 0 Å². The van der Waals surface area contributed by atoms with E-state index in [1.54, 1.807) is 22.3 Å². The number of carbonyl (C=O) groups is 1.